The zero-order chi connectivity index (χ0) is 22.5. The van der Waals surface area contributed by atoms with Crippen LogP contribution >= 0.6 is 0 Å². The fourth-order valence-corrected chi connectivity index (χ4v) is 6.05. The van der Waals surface area contributed by atoms with Crippen molar-refractivity contribution in [2.45, 2.75) is 0 Å². The molecular weight excluding hydrogens is 487 g/mol. The predicted molar refractivity (Wildman–Crippen MR) is 137 cm³/mol. The minimum atomic E-state index is 0.378. The summed E-state index contributed by atoms with van der Waals surface area (Å²) in [5.74, 6) is 2.43. The molecular formula is C28H18N4OSe. The fraction of sp³-hybridized carbons (Fsp3) is 0. The Kier molecular flexibility index (Phi) is 4.40. The number of benzene rings is 3. The molecule has 0 radical (unpaired) electrons. The Balaban J connectivity index is 1.33. The van der Waals surface area contributed by atoms with Crippen molar-refractivity contribution in [3.05, 3.63) is 108 Å². The van der Waals surface area contributed by atoms with Crippen molar-refractivity contribution in [1.29, 1.82) is 0 Å². The number of para-hydroxylation sites is 1. The number of rotatable bonds is 4. The summed E-state index contributed by atoms with van der Waals surface area (Å²) >= 11 is 0.378. The first-order chi connectivity index (χ1) is 16.8. The van der Waals surface area contributed by atoms with E-state index in [2.05, 4.69) is 68.1 Å². The van der Waals surface area contributed by atoms with Gasteiger partial charge in [0.1, 0.15) is 0 Å². The first-order valence-corrected chi connectivity index (χ1v) is 12.8. The molecule has 0 saturated carbocycles. The summed E-state index contributed by atoms with van der Waals surface area (Å²) in [7, 11) is 0. The molecule has 0 amide bonds. The molecule has 5 nitrogen and oxygen atoms in total. The largest absolute Gasteiger partial charge is 0.239 e. The van der Waals surface area contributed by atoms with Crippen LogP contribution in [-0.2, 0) is 0 Å². The molecule has 6 heteroatoms. The fourth-order valence-electron chi connectivity index (χ4n) is 4.53. The smallest absolute Gasteiger partial charge is 0.0292 e. The summed E-state index contributed by atoms with van der Waals surface area (Å²) in [6, 6.07) is 30.9. The second-order valence-electron chi connectivity index (χ2n) is 8.05. The zero-order valence-electron chi connectivity index (χ0n) is 18.0. The van der Waals surface area contributed by atoms with E-state index in [1.807, 2.05) is 59.5 Å². The van der Waals surface area contributed by atoms with Crippen molar-refractivity contribution in [2.75, 3.05) is 0 Å². The number of hydrogen-bond donors (Lipinski definition) is 0. The third kappa shape index (κ3) is 3.08. The van der Waals surface area contributed by atoms with E-state index in [1.165, 1.54) is 20.5 Å². The van der Waals surface area contributed by atoms with Crippen molar-refractivity contribution < 1.29 is 4.74 Å². The Morgan fingerprint density at radius 1 is 0.706 bits per heavy atom. The Morgan fingerprint density at radius 2 is 1.59 bits per heavy atom. The zero-order valence-corrected chi connectivity index (χ0v) is 19.7. The Bertz CT molecular complexity index is 1800. The van der Waals surface area contributed by atoms with Crippen molar-refractivity contribution >= 4 is 46.1 Å². The summed E-state index contributed by atoms with van der Waals surface area (Å²) in [4.78, 5) is 6.84. The molecule has 34 heavy (non-hydrogen) atoms. The van der Waals surface area contributed by atoms with E-state index in [9.17, 15) is 0 Å². The van der Waals surface area contributed by atoms with E-state index in [0.29, 0.717) is 14.5 Å². The number of hydrogen-bond acceptors (Lipinski definition) is 3. The molecule has 162 valence electrons. The Hall–Kier alpha value is -4.12. The van der Waals surface area contributed by atoms with Gasteiger partial charge in [0.25, 0.3) is 0 Å². The van der Waals surface area contributed by atoms with E-state index in [-0.39, 0.29) is 0 Å². The van der Waals surface area contributed by atoms with Gasteiger partial charge in [-0.1, -0.05) is 24.3 Å². The molecule has 0 spiro atoms. The molecule has 0 N–H and O–H groups in total. The van der Waals surface area contributed by atoms with Gasteiger partial charge in [-0.2, -0.15) is 0 Å². The Labute approximate surface area is 201 Å². The van der Waals surface area contributed by atoms with E-state index >= 15 is 0 Å². The molecule has 4 aromatic heterocycles. The summed E-state index contributed by atoms with van der Waals surface area (Å²) < 4.78 is 11.8. The molecule has 0 fully saturated rings. The van der Waals surface area contributed by atoms with E-state index < -0.39 is 0 Å². The average molecular weight is 505 g/mol. The van der Waals surface area contributed by atoms with Crippen molar-refractivity contribution in [3.63, 3.8) is 0 Å². The minimum absolute atomic E-state index is 0.378. The molecule has 7 aromatic rings. The normalized spacial score (nSPS) is 11.5. The third-order valence-electron chi connectivity index (χ3n) is 6.01. The van der Waals surface area contributed by atoms with Crippen LogP contribution in [0.4, 0.5) is 0 Å². The van der Waals surface area contributed by atoms with Gasteiger partial charge in [0.05, 0.1) is 0 Å². The summed E-state index contributed by atoms with van der Waals surface area (Å²) in [6.07, 6.45) is 3.79. The van der Waals surface area contributed by atoms with Crippen molar-refractivity contribution in [1.82, 2.24) is 19.3 Å². The van der Waals surface area contributed by atoms with Gasteiger partial charge in [-0.25, -0.2) is 4.98 Å². The number of ether oxygens (including phenoxy) is 1. The molecule has 0 aliphatic heterocycles. The monoisotopic (exact) mass is 506 g/mol. The van der Waals surface area contributed by atoms with E-state index in [4.69, 9.17) is 4.74 Å². The van der Waals surface area contributed by atoms with Crippen molar-refractivity contribution in [2.24, 2.45) is 0 Å². The van der Waals surface area contributed by atoms with Gasteiger partial charge in [-0.15, -0.1) is 0 Å². The maximum absolute atomic E-state index is 6.34. The molecule has 7 rings (SSSR count). The standard InChI is InChI=1S/C28H18N4OSe/c1-2-9-24-22(8-1)23-12-11-21(17-26(23)31(24)28-10-3-4-14-29-28)33-20-7-5-6-19(16-20)32-25-13-15-34-27(25)18-30-32/h1-18H. The molecule has 0 saturated heterocycles. The van der Waals surface area contributed by atoms with Crippen LogP contribution in [0.1, 0.15) is 0 Å². The van der Waals surface area contributed by atoms with E-state index in [1.54, 1.807) is 0 Å². The van der Waals surface area contributed by atoms with Gasteiger partial charge >= 0.3 is 148 Å². The van der Waals surface area contributed by atoms with Crippen LogP contribution in [0.25, 0.3) is 43.1 Å². The Morgan fingerprint density at radius 3 is 2.53 bits per heavy atom. The number of fused-ring (bicyclic) bond motifs is 4. The van der Waals surface area contributed by atoms with Gasteiger partial charge in [0, 0.05) is 6.20 Å². The number of aromatic nitrogens is 4. The quantitative estimate of drug-likeness (QED) is 0.261. The van der Waals surface area contributed by atoms with Gasteiger partial charge in [-0.3, -0.25) is 0 Å². The molecule has 0 aliphatic rings. The van der Waals surface area contributed by atoms with Crippen LogP contribution in [0, 0.1) is 0 Å². The summed E-state index contributed by atoms with van der Waals surface area (Å²) in [5, 5.41) is 6.94. The van der Waals surface area contributed by atoms with E-state index in [0.717, 1.165) is 34.0 Å². The molecule has 0 unspecified atom stereocenters. The number of nitrogens with zero attached hydrogens (tertiary/aromatic N) is 4. The van der Waals surface area contributed by atoms with Crippen molar-refractivity contribution in [3.8, 4) is 23.0 Å². The maximum atomic E-state index is 6.34. The van der Waals surface area contributed by atoms with Crippen LogP contribution in [0.3, 0.4) is 0 Å². The third-order valence-corrected chi connectivity index (χ3v) is 7.78. The first kappa shape index (κ1) is 19.4. The van der Waals surface area contributed by atoms with Crippen LogP contribution in [0.2, 0.25) is 0 Å². The SMILES string of the molecule is c1ccc(-n2c3ccccc3c3ccc(Oc4cccc(-n5ncc6[se]ccc65)c4)cc32)nc1. The molecule has 0 aliphatic carbocycles. The van der Waals surface area contributed by atoms with Gasteiger partial charge in [-0.05, 0) is 18.2 Å². The van der Waals surface area contributed by atoms with Crippen LogP contribution < -0.4 is 4.74 Å². The van der Waals surface area contributed by atoms with Gasteiger partial charge in [0.15, 0.2) is 0 Å². The maximum Gasteiger partial charge on any atom is 0.0292 e. The molecule has 0 atom stereocenters. The topological polar surface area (TPSA) is 44.9 Å². The summed E-state index contributed by atoms with van der Waals surface area (Å²) in [5.41, 5.74) is 4.34. The molecule has 3 aromatic carbocycles. The molecule has 4 heterocycles. The van der Waals surface area contributed by atoms with Crippen LogP contribution in [0.15, 0.2) is 108 Å². The number of pyridine rings is 1. The minimum Gasteiger partial charge on any atom is -0.239 e. The van der Waals surface area contributed by atoms with Gasteiger partial charge in [0.2, 0.25) is 0 Å². The average Bonchev–Trinajstić information content (AvgIpc) is 3.58. The predicted octanol–water partition coefficient (Wildman–Crippen LogP) is 6.37. The van der Waals surface area contributed by atoms with Crippen LogP contribution in [0.5, 0.6) is 11.5 Å². The van der Waals surface area contributed by atoms with Crippen LogP contribution in [-0.4, -0.2) is 33.8 Å². The van der Waals surface area contributed by atoms with Gasteiger partial charge < -0.3 is 0 Å². The first-order valence-electron chi connectivity index (χ1n) is 11.0. The molecule has 0 bridgehead atoms. The summed E-state index contributed by atoms with van der Waals surface area (Å²) in [6.45, 7) is 0. The second-order valence-corrected chi connectivity index (χ2v) is 10.0. The second kappa shape index (κ2) is 7.73.